The van der Waals surface area contributed by atoms with E-state index in [0.29, 0.717) is 0 Å². The van der Waals surface area contributed by atoms with Crippen LogP contribution in [0.2, 0.25) is 0 Å². The minimum Gasteiger partial charge on any atom is -0.187 e. The monoisotopic (exact) mass is 138 g/mol. The first-order valence-electron chi connectivity index (χ1n) is 1.08. The van der Waals surface area contributed by atoms with Crippen LogP contribution >= 0.6 is 28.4 Å². The van der Waals surface area contributed by atoms with Crippen molar-refractivity contribution in [1.29, 1.82) is 0 Å². The molecule has 0 N–H and O–H groups in total. The first-order chi connectivity index (χ1) is 1.91. The van der Waals surface area contributed by atoms with Gasteiger partial charge in [-0.05, 0) is 5.65 Å². The van der Waals surface area contributed by atoms with Gasteiger partial charge in [-0.2, -0.15) is 28.4 Å². The Morgan fingerprint density at radius 1 is 2.00 bits per heavy atom. The lowest BCUT2D eigenvalue weighted by Crippen LogP contribution is -1.70. The molecule has 0 saturated carbocycles. The van der Waals surface area contributed by atoms with Crippen molar-refractivity contribution in [3.8, 4) is 0 Å². The van der Waals surface area contributed by atoms with Crippen LogP contribution in [0.5, 0.6) is 0 Å². The van der Waals surface area contributed by atoms with Crippen molar-refractivity contribution in [3.05, 3.63) is 0 Å². The van der Waals surface area contributed by atoms with E-state index in [4.69, 9.17) is 0 Å². The number of hydrogen-bond donors (Lipinski definition) is 1. The highest BCUT2D eigenvalue weighted by atomic mass is 79.9. The van der Waals surface area contributed by atoms with Crippen LogP contribution in [0.1, 0.15) is 0 Å². The van der Waals surface area contributed by atoms with Crippen molar-refractivity contribution in [2.24, 2.45) is 0 Å². The Hall–Kier alpha value is 0.895. The van der Waals surface area contributed by atoms with E-state index in [1.165, 1.54) is 0 Å². The summed E-state index contributed by atoms with van der Waals surface area (Å²) in [7, 11) is 0. The molecule has 0 nitrogen and oxygen atoms in total. The third-order valence-corrected chi connectivity index (χ3v) is 1.32. The highest BCUT2D eigenvalue weighted by molar-refractivity contribution is 9.23. The maximum atomic E-state index is 3.87. The van der Waals surface area contributed by atoms with E-state index in [-0.39, 0.29) is 0 Å². The van der Waals surface area contributed by atoms with Gasteiger partial charge in [0.1, 0.15) is 0 Å². The highest BCUT2D eigenvalue weighted by Gasteiger charge is 1.65. The minimum absolute atomic E-state index is 0.931. The second-order valence-corrected chi connectivity index (χ2v) is 1.65. The normalized spacial score (nSPS) is 6.50. The van der Waals surface area contributed by atoms with Gasteiger partial charge in [0, 0.05) is 0 Å². The van der Waals surface area contributed by atoms with Crippen LogP contribution in [0.4, 0.5) is 0 Å². The molecule has 4 heavy (non-hydrogen) atoms. The van der Waals surface area contributed by atoms with Crippen LogP contribution in [0.15, 0.2) is 0 Å². The lowest BCUT2D eigenvalue weighted by atomic mass is 10.2. The van der Waals surface area contributed by atoms with Gasteiger partial charge in [0.2, 0.25) is 6.10 Å². The number of hydrogen-bond acceptors (Lipinski definition) is 1. The summed E-state index contributed by atoms with van der Waals surface area (Å²) < 4.78 is 0. The Kier molecular flexibility index (Phi) is 4.77. The Morgan fingerprint density at radius 3 is 2.25 bits per heavy atom. The summed E-state index contributed by atoms with van der Waals surface area (Å²) in [6.07, 6.45) is 0.996. The van der Waals surface area contributed by atoms with Crippen LogP contribution in [-0.4, -0.2) is 11.8 Å². The second-order valence-electron chi connectivity index (χ2n) is 0.413. The van der Waals surface area contributed by atoms with E-state index in [1.807, 2.05) is 0 Å². The van der Waals surface area contributed by atoms with E-state index < -0.39 is 0 Å². The fourth-order valence-corrected chi connectivity index (χ4v) is 0. The third-order valence-electron chi connectivity index (χ3n) is 0.0845. The molecule has 0 aliphatic heterocycles. The maximum Gasteiger partial charge on any atom is 0.214 e. The largest absolute Gasteiger partial charge is 0.214 e. The number of rotatable bonds is 1. The standard InChI is InChI=1S/CH4BBrS/c3-2-1-4/h2,4H,1H2. The van der Waals surface area contributed by atoms with Crippen molar-refractivity contribution in [2.75, 3.05) is 5.65 Å². The smallest absolute Gasteiger partial charge is 0.187 e. The van der Waals surface area contributed by atoms with Crippen LogP contribution in [0.3, 0.4) is 0 Å². The predicted octanol–water partition coefficient (Wildman–Crippen LogP) is 0.620. The molecule has 0 atom stereocenters. The maximum absolute atomic E-state index is 3.87. The van der Waals surface area contributed by atoms with Crippen LogP contribution in [0.25, 0.3) is 0 Å². The molecule has 0 aromatic heterocycles. The molecular formula is CH4BBrS. The highest BCUT2D eigenvalue weighted by Crippen LogP contribution is 1.73. The molecule has 3 heteroatoms. The predicted molar refractivity (Wildman–Crippen MR) is 29.9 cm³/mol. The van der Waals surface area contributed by atoms with Gasteiger partial charge in [0.05, 0.1) is 0 Å². The van der Waals surface area contributed by atoms with Gasteiger partial charge in [-0.3, -0.25) is 0 Å². The molecule has 0 amide bonds. The number of halogens is 1. The Morgan fingerprint density at radius 2 is 2.25 bits per heavy atom. The zero-order valence-corrected chi connectivity index (χ0v) is 4.72. The van der Waals surface area contributed by atoms with Gasteiger partial charge in [0.25, 0.3) is 0 Å². The molecule has 0 spiro atoms. The molecule has 0 radical (unpaired) electrons. The summed E-state index contributed by atoms with van der Waals surface area (Å²) in [5.41, 5.74) is 0.931. The van der Waals surface area contributed by atoms with Crippen molar-refractivity contribution >= 4 is 34.5 Å². The van der Waals surface area contributed by atoms with Gasteiger partial charge in [-0.25, -0.2) is 0 Å². The molecule has 0 unspecified atom stereocenters. The zero-order valence-electron chi connectivity index (χ0n) is 2.24. The SMILES string of the molecule is SCBBr. The average molecular weight is 139 g/mol. The first kappa shape index (κ1) is 4.89. The quantitative estimate of drug-likeness (QED) is 0.399. The topological polar surface area (TPSA) is 0 Å². The van der Waals surface area contributed by atoms with Crippen molar-refractivity contribution in [3.63, 3.8) is 0 Å². The van der Waals surface area contributed by atoms with E-state index >= 15 is 0 Å². The summed E-state index contributed by atoms with van der Waals surface area (Å²) in [5.74, 6) is 0. The average Bonchev–Trinajstić information content (AvgIpc) is 1.37. The van der Waals surface area contributed by atoms with Gasteiger partial charge >= 0.3 is 0 Å². The van der Waals surface area contributed by atoms with E-state index in [2.05, 4.69) is 28.4 Å². The third kappa shape index (κ3) is 2.89. The summed E-state index contributed by atoms with van der Waals surface area (Å²) >= 11 is 7.05. The molecule has 0 aliphatic carbocycles. The van der Waals surface area contributed by atoms with Crippen molar-refractivity contribution in [2.45, 2.75) is 0 Å². The van der Waals surface area contributed by atoms with Gasteiger partial charge in [-0.15, -0.1) is 0 Å². The fourth-order valence-electron chi connectivity index (χ4n) is 0. The Balaban J connectivity index is 1.97. The molecule has 0 bridgehead atoms. The van der Waals surface area contributed by atoms with Crippen LogP contribution in [-0.2, 0) is 0 Å². The summed E-state index contributed by atoms with van der Waals surface area (Å²) in [6.45, 7) is 0. The fraction of sp³-hybridized carbons (Fsp3) is 1.00. The Labute approximate surface area is 40.6 Å². The van der Waals surface area contributed by atoms with E-state index in [9.17, 15) is 0 Å². The number of thiol groups is 1. The van der Waals surface area contributed by atoms with Crippen LogP contribution in [0, 0.1) is 0 Å². The molecule has 24 valence electrons. The molecule has 0 aromatic rings. The van der Waals surface area contributed by atoms with Crippen molar-refractivity contribution in [1.82, 2.24) is 0 Å². The molecular weight excluding hydrogens is 135 g/mol. The summed E-state index contributed by atoms with van der Waals surface area (Å²) in [4.78, 5) is 0. The lowest BCUT2D eigenvalue weighted by molar-refractivity contribution is 2.27. The van der Waals surface area contributed by atoms with E-state index in [0.717, 1.165) is 11.8 Å². The summed E-state index contributed by atoms with van der Waals surface area (Å²) in [6, 6.07) is 0. The molecule has 0 aliphatic rings. The van der Waals surface area contributed by atoms with Crippen LogP contribution < -0.4 is 0 Å². The molecule has 0 saturated heterocycles. The lowest BCUT2D eigenvalue weighted by Gasteiger charge is -1.61. The zero-order chi connectivity index (χ0) is 3.41. The van der Waals surface area contributed by atoms with Gasteiger partial charge < -0.3 is 0 Å². The summed E-state index contributed by atoms with van der Waals surface area (Å²) in [5, 5.41) is 0. The molecule has 0 aromatic carbocycles. The van der Waals surface area contributed by atoms with Gasteiger partial charge in [-0.1, -0.05) is 0 Å². The Bertz CT molecular complexity index is 10.0. The molecule has 0 fully saturated rings. The second kappa shape index (κ2) is 3.89. The van der Waals surface area contributed by atoms with E-state index in [1.54, 1.807) is 0 Å². The molecule has 0 rings (SSSR count). The molecule has 0 heterocycles. The minimum atomic E-state index is 0.931. The van der Waals surface area contributed by atoms with Crippen molar-refractivity contribution < 1.29 is 0 Å². The van der Waals surface area contributed by atoms with Gasteiger partial charge in [0.15, 0.2) is 0 Å². The first-order valence-corrected chi connectivity index (χ1v) is 2.84.